The quantitative estimate of drug-likeness (QED) is 0.768. The zero-order valence-electron chi connectivity index (χ0n) is 9.74. The number of hydrogen-bond donors (Lipinski definition) is 0. The predicted molar refractivity (Wildman–Crippen MR) is 66.9 cm³/mol. The first-order valence-electron chi connectivity index (χ1n) is 5.53. The van der Waals surface area contributed by atoms with Crippen molar-refractivity contribution in [2.24, 2.45) is 7.05 Å². The number of hydrogen-bond acceptors (Lipinski definition) is 5. The minimum Gasteiger partial charge on any atom is -0.480 e. The maximum Gasteiger partial charge on any atom is 0.223 e. The third-order valence-electron chi connectivity index (χ3n) is 2.77. The molecule has 0 fully saturated rings. The number of rotatable bonds is 2. The van der Waals surface area contributed by atoms with Gasteiger partial charge in [-0.2, -0.15) is 0 Å². The molecular weight excluding hydrogens is 250 g/mol. The van der Waals surface area contributed by atoms with Crippen molar-refractivity contribution in [2.45, 2.75) is 11.0 Å². The van der Waals surface area contributed by atoms with Crippen LogP contribution in [0.5, 0.6) is 5.75 Å². The van der Waals surface area contributed by atoms with Crippen LogP contribution in [0.2, 0.25) is 0 Å². The summed E-state index contributed by atoms with van der Waals surface area (Å²) in [5.74, 6) is 1.30. The van der Waals surface area contributed by atoms with E-state index >= 15 is 0 Å². The monoisotopic (exact) mass is 261 g/mol. The number of Topliss-reactive ketones (excluding diaryl/α,β-unsaturated/α-hetero) is 1. The molecule has 1 aromatic heterocycles. The second-order valence-electron chi connectivity index (χ2n) is 3.97. The van der Waals surface area contributed by atoms with Gasteiger partial charge in [0.15, 0.2) is 6.10 Å². The lowest BCUT2D eigenvalue weighted by Crippen LogP contribution is -2.33. The zero-order valence-corrected chi connectivity index (χ0v) is 10.6. The van der Waals surface area contributed by atoms with E-state index in [1.54, 1.807) is 18.8 Å². The Labute approximate surface area is 108 Å². The molecule has 0 amide bonds. The number of fused-ring (bicyclic) bond motifs is 1. The summed E-state index contributed by atoms with van der Waals surface area (Å²) < 4.78 is 7.20. The van der Waals surface area contributed by atoms with Crippen LogP contribution in [0.1, 0.15) is 10.5 Å². The number of aromatic nitrogens is 3. The summed E-state index contributed by atoms with van der Waals surface area (Å²) in [4.78, 5) is 13.3. The molecule has 2 aromatic rings. The van der Waals surface area contributed by atoms with E-state index in [0.29, 0.717) is 11.4 Å². The van der Waals surface area contributed by atoms with Crippen molar-refractivity contribution in [3.63, 3.8) is 0 Å². The average molecular weight is 261 g/mol. The Morgan fingerprint density at radius 1 is 1.50 bits per heavy atom. The first kappa shape index (κ1) is 11.3. The SMILES string of the molecule is Cn1nncc1C(=O)C1CSc2ccccc2O1. The molecule has 18 heavy (non-hydrogen) atoms. The van der Waals surface area contributed by atoms with Crippen LogP contribution in [-0.2, 0) is 7.05 Å². The van der Waals surface area contributed by atoms with Gasteiger partial charge in [0, 0.05) is 17.7 Å². The van der Waals surface area contributed by atoms with Crippen LogP contribution in [0.15, 0.2) is 35.4 Å². The molecule has 1 atom stereocenters. The van der Waals surface area contributed by atoms with E-state index in [-0.39, 0.29) is 5.78 Å². The molecule has 0 saturated heterocycles. The minimum absolute atomic E-state index is 0.0792. The Hall–Kier alpha value is -1.82. The van der Waals surface area contributed by atoms with Gasteiger partial charge in [-0.3, -0.25) is 4.79 Å². The van der Waals surface area contributed by atoms with Crippen molar-refractivity contribution < 1.29 is 9.53 Å². The molecule has 2 heterocycles. The fourth-order valence-electron chi connectivity index (χ4n) is 1.83. The van der Waals surface area contributed by atoms with E-state index < -0.39 is 6.10 Å². The van der Waals surface area contributed by atoms with E-state index in [1.165, 1.54) is 10.9 Å². The molecule has 0 spiro atoms. The van der Waals surface area contributed by atoms with Gasteiger partial charge in [-0.05, 0) is 12.1 Å². The van der Waals surface area contributed by atoms with Crippen molar-refractivity contribution in [1.29, 1.82) is 0 Å². The van der Waals surface area contributed by atoms with Crippen LogP contribution in [-0.4, -0.2) is 32.6 Å². The van der Waals surface area contributed by atoms with Gasteiger partial charge in [0.2, 0.25) is 5.78 Å². The molecular formula is C12H11N3O2S. The van der Waals surface area contributed by atoms with Gasteiger partial charge in [-0.1, -0.05) is 17.3 Å². The molecule has 5 nitrogen and oxygen atoms in total. The number of benzene rings is 1. The second-order valence-corrected chi connectivity index (χ2v) is 5.03. The lowest BCUT2D eigenvalue weighted by atomic mass is 10.2. The van der Waals surface area contributed by atoms with Crippen molar-refractivity contribution in [2.75, 3.05) is 5.75 Å². The maximum absolute atomic E-state index is 12.3. The van der Waals surface area contributed by atoms with Gasteiger partial charge in [0.1, 0.15) is 11.4 Å². The topological polar surface area (TPSA) is 57.0 Å². The van der Waals surface area contributed by atoms with Gasteiger partial charge < -0.3 is 4.74 Å². The number of carbonyl (C=O) groups is 1. The van der Waals surface area contributed by atoms with E-state index in [1.807, 2.05) is 24.3 Å². The Kier molecular flexibility index (Phi) is 2.79. The van der Waals surface area contributed by atoms with Crippen LogP contribution in [0, 0.1) is 0 Å². The third-order valence-corrected chi connectivity index (χ3v) is 3.89. The molecule has 92 valence electrons. The van der Waals surface area contributed by atoms with Crippen LogP contribution in [0.25, 0.3) is 0 Å². The molecule has 6 heteroatoms. The molecule has 0 radical (unpaired) electrons. The Balaban J connectivity index is 1.84. The maximum atomic E-state index is 12.3. The molecule has 1 aromatic carbocycles. The van der Waals surface area contributed by atoms with Crippen LogP contribution in [0.4, 0.5) is 0 Å². The zero-order chi connectivity index (χ0) is 12.5. The Morgan fingerprint density at radius 3 is 3.11 bits per heavy atom. The normalized spacial score (nSPS) is 17.9. The molecule has 3 rings (SSSR count). The number of nitrogens with zero attached hydrogens (tertiary/aromatic N) is 3. The minimum atomic E-state index is -0.470. The molecule has 1 aliphatic heterocycles. The Bertz CT molecular complexity index is 597. The number of ether oxygens (including phenoxy) is 1. The summed E-state index contributed by atoms with van der Waals surface area (Å²) in [6.45, 7) is 0. The van der Waals surface area contributed by atoms with Gasteiger partial charge in [-0.15, -0.1) is 16.9 Å². The average Bonchev–Trinajstić information content (AvgIpc) is 2.83. The highest BCUT2D eigenvalue weighted by Gasteiger charge is 2.29. The summed E-state index contributed by atoms with van der Waals surface area (Å²) in [5, 5.41) is 7.47. The molecule has 1 unspecified atom stereocenters. The number of ketones is 1. The third kappa shape index (κ3) is 1.88. The van der Waals surface area contributed by atoms with Gasteiger partial charge in [0.25, 0.3) is 0 Å². The number of para-hydroxylation sites is 1. The highest BCUT2D eigenvalue weighted by molar-refractivity contribution is 7.99. The van der Waals surface area contributed by atoms with Crippen molar-refractivity contribution >= 4 is 17.5 Å². The Morgan fingerprint density at radius 2 is 2.33 bits per heavy atom. The lowest BCUT2D eigenvalue weighted by molar-refractivity contribution is 0.0805. The fraction of sp³-hybridized carbons (Fsp3) is 0.250. The number of carbonyl (C=O) groups excluding carboxylic acids is 1. The van der Waals surface area contributed by atoms with E-state index in [4.69, 9.17) is 4.74 Å². The van der Waals surface area contributed by atoms with Gasteiger partial charge in [-0.25, -0.2) is 4.68 Å². The standard InChI is InChI=1S/C12H11N3O2S/c1-15-8(6-13-14-15)12(16)10-7-18-11-5-3-2-4-9(11)17-10/h2-6,10H,7H2,1H3. The number of aryl methyl sites for hydroxylation is 1. The largest absolute Gasteiger partial charge is 0.480 e. The molecule has 1 aliphatic rings. The highest BCUT2D eigenvalue weighted by Crippen LogP contribution is 2.35. The highest BCUT2D eigenvalue weighted by atomic mass is 32.2. The smallest absolute Gasteiger partial charge is 0.223 e. The summed E-state index contributed by atoms with van der Waals surface area (Å²) in [7, 11) is 1.70. The van der Waals surface area contributed by atoms with Crippen molar-refractivity contribution in [3.8, 4) is 5.75 Å². The van der Waals surface area contributed by atoms with Crippen LogP contribution in [0.3, 0.4) is 0 Å². The van der Waals surface area contributed by atoms with E-state index in [9.17, 15) is 4.79 Å². The van der Waals surface area contributed by atoms with E-state index in [0.717, 1.165) is 10.6 Å². The first-order valence-corrected chi connectivity index (χ1v) is 6.51. The van der Waals surface area contributed by atoms with Gasteiger partial charge in [0.05, 0.1) is 6.20 Å². The summed E-state index contributed by atoms with van der Waals surface area (Å²) >= 11 is 1.63. The molecule has 0 bridgehead atoms. The number of thioether (sulfide) groups is 1. The van der Waals surface area contributed by atoms with E-state index in [2.05, 4.69) is 10.3 Å². The summed E-state index contributed by atoms with van der Waals surface area (Å²) in [6, 6.07) is 7.73. The first-order chi connectivity index (χ1) is 8.75. The molecule has 0 saturated carbocycles. The van der Waals surface area contributed by atoms with Gasteiger partial charge >= 0.3 is 0 Å². The molecule has 0 N–H and O–H groups in total. The lowest BCUT2D eigenvalue weighted by Gasteiger charge is -2.24. The van der Waals surface area contributed by atoms with Crippen molar-refractivity contribution in [1.82, 2.24) is 15.0 Å². The van der Waals surface area contributed by atoms with Crippen molar-refractivity contribution in [3.05, 3.63) is 36.2 Å². The summed E-state index contributed by atoms with van der Waals surface area (Å²) in [6.07, 6.45) is 0.999. The van der Waals surface area contributed by atoms with Crippen LogP contribution >= 0.6 is 11.8 Å². The second kappa shape index (κ2) is 4.45. The van der Waals surface area contributed by atoms with Crippen LogP contribution < -0.4 is 4.74 Å². The predicted octanol–water partition coefficient (Wildman–Crippen LogP) is 1.55. The summed E-state index contributed by atoms with van der Waals surface area (Å²) in [5.41, 5.74) is 0.472. The molecule has 0 aliphatic carbocycles. The fourth-order valence-corrected chi connectivity index (χ4v) is 2.81.